The van der Waals surface area contributed by atoms with E-state index in [9.17, 15) is 18.7 Å². The highest BCUT2D eigenvalue weighted by atomic mass is 31.2. The first-order chi connectivity index (χ1) is 11.8. The predicted octanol–water partition coefficient (Wildman–Crippen LogP) is 5.16. The van der Waals surface area contributed by atoms with Crippen molar-refractivity contribution in [1.29, 1.82) is 0 Å². The van der Waals surface area contributed by atoms with E-state index in [1.165, 1.54) is 13.8 Å². The van der Waals surface area contributed by atoms with Crippen molar-refractivity contribution in [3.63, 3.8) is 0 Å². The van der Waals surface area contributed by atoms with Gasteiger partial charge in [-0.1, -0.05) is 13.8 Å². The summed E-state index contributed by atoms with van der Waals surface area (Å²) in [6, 6.07) is 0. The minimum absolute atomic E-state index is 0.284. The molecule has 10 heteroatoms. The second-order valence-electron chi connectivity index (χ2n) is 6.01. The smallest absolute Gasteiger partial charge is 0.303 e. The minimum atomic E-state index is -3.54. The summed E-state index contributed by atoms with van der Waals surface area (Å²) in [5.74, 6) is 0. The molecule has 26 heavy (non-hydrogen) atoms. The van der Waals surface area contributed by atoms with Crippen LogP contribution in [0, 0.1) is 0 Å². The van der Waals surface area contributed by atoms with E-state index < -0.39 is 26.2 Å². The molecule has 0 heterocycles. The molecule has 0 N–H and O–H groups in total. The van der Waals surface area contributed by atoms with Crippen LogP contribution in [0.1, 0.15) is 68.2 Å². The van der Waals surface area contributed by atoms with Crippen LogP contribution in [0.3, 0.4) is 0 Å². The summed E-state index contributed by atoms with van der Waals surface area (Å²) < 4.78 is 43.2. The third-order valence-electron chi connectivity index (χ3n) is 2.40. The standard InChI is InChI=1S/2C8H17O4P/c1-6(2)11-13(10,8(5)9)12-7(3)4;1-4-6-11-13(10,8(3)9)12-7-5-2/h6-7H,1-5H3;4-7H2,1-3H3. The minimum Gasteiger partial charge on any atom is -0.303 e. The van der Waals surface area contributed by atoms with Gasteiger partial charge in [-0.3, -0.25) is 18.7 Å². The van der Waals surface area contributed by atoms with Crippen molar-refractivity contribution in [1.82, 2.24) is 0 Å². The van der Waals surface area contributed by atoms with Gasteiger partial charge in [0.05, 0.1) is 25.4 Å². The molecule has 0 rings (SSSR count). The van der Waals surface area contributed by atoms with Crippen LogP contribution in [0.2, 0.25) is 0 Å². The Labute approximate surface area is 157 Å². The van der Waals surface area contributed by atoms with E-state index in [1.54, 1.807) is 27.7 Å². The summed E-state index contributed by atoms with van der Waals surface area (Å²) in [5, 5.41) is 0. The second-order valence-corrected chi connectivity index (χ2v) is 10.2. The topological polar surface area (TPSA) is 105 Å². The lowest BCUT2D eigenvalue weighted by molar-refractivity contribution is -0.113. The maximum absolute atomic E-state index is 11.7. The van der Waals surface area contributed by atoms with Gasteiger partial charge in [-0.05, 0) is 40.5 Å². The number of rotatable bonds is 12. The first-order valence-corrected chi connectivity index (χ1v) is 11.8. The molecule has 0 aromatic heterocycles. The molecule has 0 amide bonds. The summed E-state index contributed by atoms with van der Waals surface area (Å²) in [6.07, 6.45) is 0.862. The van der Waals surface area contributed by atoms with E-state index in [0.717, 1.165) is 0 Å². The average Bonchev–Trinajstić information content (AvgIpc) is 2.49. The lowest BCUT2D eigenvalue weighted by atomic mass is 10.5. The third kappa shape index (κ3) is 12.1. The molecule has 0 aliphatic rings. The second kappa shape index (κ2) is 13.8. The van der Waals surface area contributed by atoms with Gasteiger partial charge in [-0.25, -0.2) is 0 Å². The van der Waals surface area contributed by atoms with Crippen LogP contribution >= 0.6 is 15.2 Å². The van der Waals surface area contributed by atoms with Crippen LogP contribution < -0.4 is 0 Å². The summed E-state index contributed by atoms with van der Waals surface area (Å²) >= 11 is 0. The molecule has 0 aromatic carbocycles. The van der Waals surface area contributed by atoms with Gasteiger partial charge in [-0.15, -0.1) is 0 Å². The molecule has 0 atom stereocenters. The average molecular weight is 416 g/mol. The molecule has 0 saturated heterocycles. The van der Waals surface area contributed by atoms with Crippen LogP contribution in [0.5, 0.6) is 0 Å². The Morgan fingerprint density at radius 1 is 0.731 bits per heavy atom. The van der Waals surface area contributed by atoms with Crippen LogP contribution in [0.25, 0.3) is 0 Å². The lowest BCUT2D eigenvalue weighted by Crippen LogP contribution is -2.12. The van der Waals surface area contributed by atoms with Crippen LogP contribution in [0.15, 0.2) is 0 Å². The molecule has 0 aromatic rings. The normalized spacial score (nSPS) is 12.1. The molecular weight excluding hydrogens is 382 g/mol. The molecule has 0 radical (unpaired) electrons. The van der Waals surface area contributed by atoms with Gasteiger partial charge < -0.3 is 18.1 Å². The largest absolute Gasteiger partial charge is 0.396 e. The molecule has 156 valence electrons. The fourth-order valence-corrected chi connectivity index (χ4v) is 4.11. The van der Waals surface area contributed by atoms with Gasteiger partial charge in [0, 0.05) is 13.8 Å². The Kier molecular flexibility index (Phi) is 14.7. The summed E-state index contributed by atoms with van der Waals surface area (Å²) in [6.45, 7) is 13.6. The Bertz CT molecular complexity index is 490. The Hall–Kier alpha value is -0.360. The van der Waals surface area contributed by atoms with Gasteiger partial charge in [0.15, 0.2) is 0 Å². The Balaban J connectivity index is 0. The van der Waals surface area contributed by atoms with Crippen LogP contribution in [-0.4, -0.2) is 36.5 Å². The zero-order valence-electron chi connectivity index (χ0n) is 17.1. The van der Waals surface area contributed by atoms with Gasteiger partial charge in [-0.2, -0.15) is 0 Å². The highest BCUT2D eigenvalue weighted by molar-refractivity contribution is 7.72. The molecule has 0 aliphatic carbocycles. The monoisotopic (exact) mass is 416 g/mol. The maximum atomic E-state index is 11.7. The van der Waals surface area contributed by atoms with Gasteiger partial charge in [0.2, 0.25) is 11.0 Å². The van der Waals surface area contributed by atoms with Crippen LogP contribution in [-0.2, 0) is 36.8 Å². The molecular formula is C16H34O8P2. The predicted molar refractivity (Wildman–Crippen MR) is 102 cm³/mol. The molecule has 0 unspecified atom stereocenters. The van der Waals surface area contributed by atoms with Gasteiger partial charge in [0.1, 0.15) is 0 Å². The first kappa shape index (κ1) is 27.9. The van der Waals surface area contributed by atoms with Crippen molar-refractivity contribution in [2.75, 3.05) is 13.2 Å². The van der Waals surface area contributed by atoms with E-state index in [1.807, 2.05) is 13.8 Å². The summed E-state index contributed by atoms with van der Waals surface area (Å²) in [4.78, 5) is 22.0. The van der Waals surface area contributed by atoms with Crippen molar-refractivity contribution >= 4 is 26.2 Å². The van der Waals surface area contributed by atoms with E-state index in [-0.39, 0.29) is 12.2 Å². The number of carbonyl (C=O) groups is 2. The Morgan fingerprint density at radius 2 is 1.04 bits per heavy atom. The molecule has 0 fully saturated rings. The third-order valence-corrected chi connectivity index (χ3v) is 6.39. The molecule has 8 nitrogen and oxygen atoms in total. The van der Waals surface area contributed by atoms with Crippen molar-refractivity contribution in [2.24, 2.45) is 0 Å². The number of carbonyl (C=O) groups excluding carboxylic acids is 2. The molecule has 0 spiro atoms. The van der Waals surface area contributed by atoms with E-state index >= 15 is 0 Å². The zero-order valence-corrected chi connectivity index (χ0v) is 18.9. The maximum Gasteiger partial charge on any atom is 0.396 e. The van der Waals surface area contributed by atoms with Crippen molar-refractivity contribution in [2.45, 2.75) is 80.4 Å². The fourth-order valence-electron chi connectivity index (χ4n) is 1.37. The molecule has 0 aliphatic heterocycles. The van der Waals surface area contributed by atoms with E-state index in [0.29, 0.717) is 26.1 Å². The summed E-state index contributed by atoms with van der Waals surface area (Å²) in [5.41, 5.74) is -1.07. The molecule has 0 saturated carbocycles. The van der Waals surface area contributed by atoms with Crippen molar-refractivity contribution in [3.8, 4) is 0 Å². The first-order valence-electron chi connectivity index (χ1n) is 8.72. The van der Waals surface area contributed by atoms with E-state index in [4.69, 9.17) is 18.1 Å². The Morgan fingerprint density at radius 3 is 1.23 bits per heavy atom. The van der Waals surface area contributed by atoms with Gasteiger partial charge >= 0.3 is 15.2 Å². The quantitative estimate of drug-likeness (QED) is 0.402. The van der Waals surface area contributed by atoms with Crippen molar-refractivity contribution in [3.05, 3.63) is 0 Å². The van der Waals surface area contributed by atoms with E-state index in [2.05, 4.69) is 0 Å². The van der Waals surface area contributed by atoms with Crippen LogP contribution in [0.4, 0.5) is 0 Å². The van der Waals surface area contributed by atoms with Gasteiger partial charge in [0.25, 0.3) is 0 Å². The number of hydrogen-bond donors (Lipinski definition) is 0. The summed E-state index contributed by atoms with van der Waals surface area (Å²) in [7, 11) is -7.01. The zero-order chi connectivity index (χ0) is 21.0. The SMILES string of the molecule is CC(=O)P(=O)(OC(C)C)OC(C)C.CCCOP(=O)(OCCC)C(C)=O. The number of hydrogen-bond acceptors (Lipinski definition) is 8. The molecule has 0 bridgehead atoms. The lowest BCUT2D eigenvalue weighted by Gasteiger charge is -2.19. The van der Waals surface area contributed by atoms with Crippen molar-refractivity contribution < 1.29 is 36.8 Å². The fraction of sp³-hybridized carbons (Fsp3) is 0.875. The highest BCUT2D eigenvalue weighted by Crippen LogP contribution is 2.51. The highest BCUT2D eigenvalue weighted by Gasteiger charge is 2.33.